The third-order valence-electron chi connectivity index (χ3n) is 4.61. The Hall–Kier alpha value is -2.75. The van der Waals surface area contributed by atoms with E-state index in [4.69, 9.17) is 46.3 Å². The molecule has 34 heavy (non-hydrogen) atoms. The standard InChI is InChI=1S/C23H20Cl3F2N5O/c24-14-3-1-2-12(6-14)20(29)11-21(30)32-23(31-17-9-15(25)8-16(27)10-17)33-22(34)13-4-5-18(26)19(28)7-13/h1-10,20-21H,11,29-30H2,(H2,31,32,33,34). The summed E-state index contributed by atoms with van der Waals surface area (Å²) in [6.45, 7) is 0. The largest absolute Gasteiger partial charge is 0.326 e. The number of halogens is 5. The van der Waals surface area contributed by atoms with Gasteiger partial charge in [0.25, 0.3) is 5.91 Å². The molecule has 0 saturated heterocycles. The predicted octanol–water partition coefficient (Wildman–Crippen LogP) is 5.50. The minimum Gasteiger partial charge on any atom is -0.326 e. The number of carbonyl (C=O) groups excluding carboxylic acids is 1. The minimum atomic E-state index is -0.872. The Morgan fingerprint density at radius 2 is 1.74 bits per heavy atom. The fourth-order valence-corrected chi connectivity index (χ4v) is 3.57. The van der Waals surface area contributed by atoms with Crippen LogP contribution in [0.4, 0.5) is 14.5 Å². The lowest BCUT2D eigenvalue weighted by molar-refractivity contribution is 0.0976. The molecule has 6 N–H and O–H groups in total. The number of amides is 1. The highest BCUT2D eigenvalue weighted by molar-refractivity contribution is 6.31. The highest BCUT2D eigenvalue weighted by Crippen LogP contribution is 2.21. The third-order valence-corrected chi connectivity index (χ3v) is 5.37. The van der Waals surface area contributed by atoms with E-state index in [-0.39, 0.29) is 33.7 Å². The van der Waals surface area contributed by atoms with Crippen molar-refractivity contribution in [2.75, 3.05) is 5.32 Å². The molecule has 0 radical (unpaired) electrons. The van der Waals surface area contributed by atoms with E-state index in [2.05, 4.69) is 15.6 Å². The van der Waals surface area contributed by atoms with Crippen molar-refractivity contribution in [3.8, 4) is 0 Å². The highest BCUT2D eigenvalue weighted by atomic mass is 35.5. The maximum absolute atomic E-state index is 13.8. The monoisotopic (exact) mass is 525 g/mol. The maximum atomic E-state index is 13.8. The molecule has 1 amide bonds. The summed E-state index contributed by atoms with van der Waals surface area (Å²) in [6.07, 6.45) is -0.677. The maximum Gasteiger partial charge on any atom is 0.258 e. The zero-order valence-electron chi connectivity index (χ0n) is 17.5. The van der Waals surface area contributed by atoms with Crippen LogP contribution in [0.15, 0.2) is 65.7 Å². The summed E-state index contributed by atoms with van der Waals surface area (Å²) >= 11 is 17.6. The zero-order chi connectivity index (χ0) is 24.8. The molecule has 0 saturated carbocycles. The summed E-state index contributed by atoms with van der Waals surface area (Å²) in [6, 6.07) is 13.8. The van der Waals surface area contributed by atoms with Gasteiger partial charge in [-0.1, -0.05) is 46.9 Å². The molecule has 3 rings (SSSR count). The molecule has 0 aliphatic rings. The van der Waals surface area contributed by atoms with E-state index in [0.29, 0.717) is 5.02 Å². The molecule has 0 bridgehead atoms. The predicted molar refractivity (Wildman–Crippen MR) is 132 cm³/mol. The quantitative estimate of drug-likeness (QED) is 0.251. The topological polar surface area (TPSA) is 106 Å². The molecule has 3 aromatic carbocycles. The van der Waals surface area contributed by atoms with Crippen LogP contribution in [0.2, 0.25) is 15.1 Å². The van der Waals surface area contributed by atoms with Gasteiger partial charge in [0.2, 0.25) is 5.96 Å². The Labute approximate surface area is 209 Å². The molecule has 0 spiro atoms. The van der Waals surface area contributed by atoms with Crippen LogP contribution in [0.1, 0.15) is 28.4 Å². The number of anilines is 1. The lowest BCUT2D eigenvalue weighted by atomic mass is 10.0. The Balaban J connectivity index is 1.83. The SMILES string of the molecule is NC(CC(N)c1cccc(Cl)c1)N=C(NC(=O)c1ccc(Cl)c(F)c1)Nc1cc(F)cc(Cl)c1. The van der Waals surface area contributed by atoms with Crippen LogP contribution < -0.4 is 22.1 Å². The molecule has 0 fully saturated rings. The second-order valence-corrected chi connectivity index (χ2v) is 8.59. The molecule has 6 nitrogen and oxygen atoms in total. The van der Waals surface area contributed by atoms with Crippen LogP contribution in [0.3, 0.4) is 0 Å². The van der Waals surface area contributed by atoms with Gasteiger partial charge in [-0.15, -0.1) is 0 Å². The molecular weight excluding hydrogens is 507 g/mol. The average molecular weight is 527 g/mol. The van der Waals surface area contributed by atoms with Gasteiger partial charge in [-0.05, 0) is 54.1 Å². The van der Waals surface area contributed by atoms with Crippen molar-refractivity contribution < 1.29 is 13.6 Å². The normalized spacial score (nSPS) is 13.3. The van der Waals surface area contributed by atoms with Crippen LogP contribution >= 0.6 is 34.8 Å². The molecular formula is C23H20Cl3F2N5O. The van der Waals surface area contributed by atoms with E-state index in [0.717, 1.165) is 23.8 Å². The average Bonchev–Trinajstić information content (AvgIpc) is 2.74. The molecule has 2 unspecified atom stereocenters. The van der Waals surface area contributed by atoms with Crippen LogP contribution in [0, 0.1) is 11.6 Å². The summed E-state index contributed by atoms with van der Waals surface area (Å²) in [5.41, 5.74) is 13.3. The van der Waals surface area contributed by atoms with Crippen molar-refractivity contribution in [1.82, 2.24) is 5.32 Å². The molecule has 0 aliphatic carbocycles. The van der Waals surface area contributed by atoms with Crippen LogP contribution in [0.5, 0.6) is 0 Å². The van der Waals surface area contributed by atoms with Crippen molar-refractivity contribution in [2.45, 2.75) is 18.6 Å². The van der Waals surface area contributed by atoms with Crippen LogP contribution in [-0.4, -0.2) is 18.0 Å². The van der Waals surface area contributed by atoms with Crippen molar-refractivity contribution in [3.63, 3.8) is 0 Å². The summed E-state index contributed by atoms with van der Waals surface area (Å²) in [4.78, 5) is 17.0. The van der Waals surface area contributed by atoms with Crippen molar-refractivity contribution >= 4 is 52.4 Å². The number of nitrogens with two attached hydrogens (primary N) is 2. The van der Waals surface area contributed by atoms with Crippen molar-refractivity contribution in [3.05, 3.63) is 98.5 Å². The van der Waals surface area contributed by atoms with Gasteiger partial charge >= 0.3 is 0 Å². The molecule has 3 aromatic rings. The third kappa shape index (κ3) is 7.38. The van der Waals surface area contributed by atoms with Gasteiger partial charge in [0.15, 0.2) is 0 Å². The van der Waals surface area contributed by atoms with E-state index >= 15 is 0 Å². The molecule has 11 heteroatoms. The Morgan fingerprint density at radius 1 is 0.971 bits per heavy atom. The van der Waals surface area contributed by atoms with E-state index < -0.39 is 29.7 Å². The van der Waals surface area contributed by atoms with Gasteiger partial charge in [-0.3, -0.25) is 10.1 Å². The summed E-state index contributed by atoms with van der Waals surface area (Å²) in [5, 5.41) is 5.80. The highest BCUT2D eigenvalue weighted by Gasteiger charge is 2.16. The molecule has 178 valence electrons. The van der Waals surface area contributed by atoms with Gasteiger partial charge in [-0.2, -0.15) is 0 Å². The summed E-state index contributed by atoms with van der Waals surface area (Å²) in [7, 11) is 0. The molecule has 0 heterocycles. The number of guanidine groups is 1. The van der Waals surface area contributed by atoms with Crippen LogP contribution in [-0.2, 0) is 0 Å². The smallest absolute Gasteiger partial charge is 0.258 e. The lowest BCUT2D eigenvalue weighted by Crippen LogP contribution is -2.38. The molecule has 2 atom stereocenters. The van der Waals surface area contributed by atoms with Crippen molar-refractivity contribution in [1.29, 1.82) is 0 Å². The van der Waals surface area contributed by atoms with Gasteiger partial charge in [0.1, 0.15) is 17.8 Å². The number of aliphatic imine (C=N–C) groups is 1. The van der Waals surface area contributed by atoms with E-state index in [9.17, 15) is 13.6 Å². The Bertz CT molecular complexity index is 1200. The fraction of sp³-hybridized carbons (Fsp3) is 0.130. The zero-order valence-corrected chi connectivity index (χ0v) is 19.8. The summed E-state index contributed by atoms with van der Waals surface area (Å²) in [5.74, 6) is -2.18. The van der Waals surface area contributed by atoms with E-state index in [1.807, 2.05) is 0 Å². The lowest BCUT2D eigenvalue weighted by Gasteiger charge is -2.18. The minimum absolute atomic E-state index is 0.0159. The fourth-order valence-electron chi connectivity index (χ4n) is 3.03. The van der Waals surface area contributed by atoms with Gasteiger partial charge in [-0.25, -0.2) is 13.8 Å². The summed E-state index contributed by atoms with van der Waals surface area (Å²) < 4.78 is 27.6. The number of rotatable bonds is 6. The first-order valence-electron chi connectivity index (χ1n) is 9.94. The number of hydrogen-bond acceptors (Lipinski definition) is 4. The van der Waals surface area contributed by atoms with Gasteiger partial charge < -0.3 is 16.8 Å². The number of benzene rings is 3. The first-order chi connectivity index (χ1) is 16.1. The first kappa shape index (κ1) is 25.9. The Kier molecular flexibility index (Phi) is 8.82. The number of hydrogen-bond donors (Lipinski definition) is 4. The van der Waals surface area contributed by atoms with Crippen molar-refractivity contribution in [2.24, 2.45) is 16.5 Å². The van der Waals surface area contributed by atoms with Gasteiger partial charge in [0.05, 0.1) is 5.02 Å². The Morgan fingerprint density at radius 3 is 2.41 bits per heavy atom. The van der Waals surface area contributed by atoms with Gasteiger partial charge in [0, 0.05) is 33.8 Å². The molecule has 0 aliphatic heterocycles. The second-order valence-electron chi connectivity index (χ2n) is 7.31. The number of nitrogens with one attached hydrogen (secondary N) is 2. The molecule has 0 aromatic heterocycles. The number of carbonyl (C=O) groups is 1. The first-order valence-corrected chi connectivity index (χ1v) is 11.1. The number of nitrogens with zero attached hydrogens (tertiary/aromatic N) is 1. The van der Waals surface area contributed by atoms with E-state index in [1.54, 1.807) is 24.3 Å². The van der Waals surface area contributed by atoms with E-state index in [1.165, 1.54) is 18.2 Å². The van der Waals surface area contributed by atoms with Crippen LogP contribution in [0.25, 0.3) is 0 Å². The second kappa shape index (κ2) is 11.6.